The predicted octanol–water partition coefficient (Wildman–Crippen LogP) is 13.5. The summed E-state index contributed by atoms with van der Waals surface area (Å²) >= 11 is 0. The van der Waals surface area contributed by atoms with Crippen LogP contribution >= 0.6 is 0 Å². The van der Waals surface area contributed by atoms with Gasteiger partial charge in [-0.25, -0.2) is 0 Å². The van der Waals surface area contributed by atoms with Crippen molar-refractivity contribution >= 4 is 55.3 Å². The molecular weight excluding hydrogens is 639 g/mol. The molecule has 0 radical (unpaired) electrons. The van der Waals surface area contributed by atoms with Gasteiger partial charge in [0.2, 0.25) is 0 Å². The first-order chi connectivity index (χ1) is 25.8. The standard InChI is InChI=1S/C48H33NO3/c1-3-14-30(15-4-1)32-18-11-19-33(28-32)49(39-24-12-22-35-34-20-7-9-26-41(34)51-46(35)39)40-25-13-23-36-38-29-43-45(37-21-8-10-27-42(37)50-43)44(48(38)52-47(36)40)31-16-5-2-6-17-31/h1-12,14-22,24,26-29,36H,13,23,25H2. The van der Waals surface area contributed by atoms with Gasteiger partial charge >= 0.3 is 0 Å². The zero-order valence-electron chi connectivity index (χ0n) is 28.4. The first-order valence-corrected chi connectivity index (χ1v) is 18.1. The molecule has 1 aliphatic carbocycles. The molecule has 0 saturated carbocycles. The lowest BCUT2D eigenvalue weighted by atomic mass is 9.84. The number of allylic oxidation sites excluding steroid dienone is 2. The van der Waals surface area contributed by atoms with Gasteiger partial charge in [0, 0.05) is 44.3 Å². The fraction of sp³-hybridized carbons (Fsp3) is 0.0833. The van der Waals surface area contributed by atoms with E-state index >= 15 is 0 Å². The minimum Gasteiger partial charge on any atom is -0.458 e. The van der Waals surface area contributed by atoms with Crippen molar-refractivity contribution in [2.45, 2.75) is 25.2 Å². The van der Waals surface area contributed by atoms with Crippen LogP contribution in [0.15, 0.2) is 178 Å². The molecular formula is C48H33NO3. The number of benzene rings is 7. The van der Waals surface area contributed by atoms with E-state index < -0.39 is 0 Å². The second-order valence-corrected chi connectivity index (χ2v) is 13.9. The van der Waals surface area contributed by atoms with Gasteiger partial charge < -0.3 is 18.5 Å². The van der Waals surface area contributed by atoms with Crippen LogP contribution in [0.5, 0.6) is 5.75 Å². The number of rotatable bonds is 5. The van der Waals surface area contributed by atoms with Crippen molar-refractivity contribution in [2.75, 3.05) is 4.90 Å². The number of furan rings is 2. The van der Waals surface area contributed by atoms with Crippen LogP contribution in [-0.4, -0.2) is 0 Å². The molecule has 4 heteroatoms. The van der Waals surface area contributed by atoms with Gasteiger partial charge in [-0.15, -0.1) is 0 Å². The lowest BCUT2D eigenvalue weighted by Gasteiger charge is -2.33. The van der Waals surface area contributed by atoms with E-state index in [-0.39, 0.29) is 5.92 Å². The highest BCUT2D eigenvalue weighted by atomic mass is 16.5. The van der Waals surface area contributed by atoms with Crippen LogP contribution in [0.1, 0.15) is 30.7 Å². The minimum absolute atomic E-state index is 0.0912. The Labute approximate surface area is 300 Å². The van der Waals surface area contributed by atoms with Crippen LogP contribution in [0.25, 0.3) is 66.1 Å². The summed E-state index contributed by atoms with van der Waals surface area (Å²) in [5, 5.41) is 4.41. The Balaban J connectivity index is 1.17. The molecule has 1 atom stereocenters. The number of anilines is 2. The van der Waals surface area contributed by atoms with Crippen molar-refractivity contribution < 1.29 is 13.6 Å². The Morgan fingerprint density at radius 1 is 0.538 bits per heavy atom. The number of hydrogen-bond acceptors (Lipinski definition) is 4. The Kier molecular flexibility index (Phi) is 6.47. The van der Waals surface area contributed by atoms with E-state index in [4.69, 9.17) is 13.6 Å². The minimum atomic E-state index is 0.0912. The SMILES string of the molecule is c1ccc(-c2cccc(N(C3=C4Oc5c(cc6oc7ccccc7c6c5-c5ccccc5)C4CCC3)c3cccc4c3oc3ccccc34)c2)cc1. The molecule has 1 unspecified atom stereocenters. The van der Waals surface area contributed by atoms with Gasteiger partial charge in [0.1, 0.15) is 28.3 Å². The van der Waals surface area contributed by atoms with Crippen molar-refractivity contribution in [3.05, 3.63) is 175 Å². The summed E-state index contributed by atoms with van der Waals surface area (Å²) in [5.74, 6) is 2.03. The maximum atomic E-state index is 7.31. The molecule has 248 valence electrons. The number of fused-ring (bicyclic) bond motifs is 9. The molecule has 2 aromatic heterocycles. The van der Waals surface area contributed by atoms with Crippen LogP contribution < -0.4 is 9.64 Å². The summed E-state index contributed by atoms with van der Waals surface area (Å²) < 4.78 is 20.6. The number of para-hydroxylation sites is 3. The lowest BCUT2D eigenvalue weighted by Crippen LogP contribution is -2.23. The molecule has 1 aliphatic heterocycles. The van der Waals surface area contributed by atoms with Crippen LogP contribution in [0.2, 0.25) is 0 Å². The van der Waals surface area contributed by atoms with Crippen molar-refractivity contribution in [3.63, 3.8) is 0 Å². The van der Waals surface area contributed by atoms with E-state index in [1.54, 1.807) is 0 Å². The van der Waals surface area contributed by atoms with Crippen LogP contribution in [0, 0.1) is 0 Å². The molecule has 4 nitrogen and oxygen atoms in total. The fourth-order valence-corrected chi connectivity index (χ4v) is 8.63. The van der Waals surface area contributed by atoms with E-state index in [0.29, 0.717) is 0 Å². The normalized spacial score (nSPS) is 15.3. The summed E-state index contributed by atoms with van der Waals surface area (Å²) in [7, 11) is 0. The van der Waals surface area contributed by atoms with Crippen molar-refractivity contribution in [1.82, 2.24) is 0 Å². The third-order valence-electron chi connectivity index (χ3n) is 10.9. The summed E-state index contributed by atoms with van der Waals surface area (Å²) in [6, 6.07) is 55.5. The molecule has 0 spiro atoms. The van der Waals surface area contributed by atoms with Gasteiger partial charge in [-0.05, 0) is 72.4 Å². The second kappa shape index (κ2) is 11.5. The summed E-state index contributed by atoms with van der Waals surface area (Å²) in [5.41, 5.74) is 12.5. The first kappa shape index (κ1) is 29.2. The summed E-state index contributed by atoms with van der Waals surface area (Å²) in [6.45, 7) is 0. The Morgan fingerprint density at radius 3 is 2.04 bits per heavy atom. The zero-order chi connectivity index (χ0) is 34.2. The maximum Gasteiger partial charge on any atom is 0.159 e. The third-order valence-corrected chi connectivity index (χ3v) is 10.9. The molecule has 52 heavy (non-hydrogen) atoms. The van der Waals surface area contributed by atoms with Crippen molar-refractivity contribution in [2.24, 2.45) is 0 Å². The molecule has 0 saturated heterocycles. The van der Waals surface area contributed by atoms with E-state index in [2.05, 4.69) is 150 Å². The molecule has 0 bridgehead atoms. The average Bonchev–Trinajstić information content (AvgIpc) is 3.90. The second-order valence-electron chi connectivity index (χ2n) is 13.9. The summed E-state index contributed by atoms with van der Waals surface area (Å²) in [6.07, 6.45) is 2.89. The quantitative estimate of drug-likeness (QED) is 0.183. The molecule has 2 aliphatic rings. The molecule has 0 fully saturated rings. The molecule has 0 N–H and O–H groups in total. The van der Waals surface area contributed by atoms with Gasteiger partial charge in [0.25, 0.3) is 0 Å². The maximum absolute atomic E-state index is 7.31. The van der Waals surface area contributed by atoms with Gasteiger partial charge in [-0.2, -0.15) is 0 Å². The van der Waals surface area contributed by atoms with E-state index in [9.17, 15) is 0 Å². The molecule has 0 amide bonds. The monoisotopic (exact) mass is 671 g/mol. The third kappa shape index (κ3) is 4.40. The van der Waals surface area contributed by atoms with Crippen molar-refractivity contribution in [1.29, 1.82) is 0 Å². The molecule has 3 heterocycles. The Morgan fingerprint density at radius 2 is 1.21 bits per heavy atom. The van der Waals surface area contributed by atoms with Crippen molar-refractivity contribution in [3.8, 4) is 28.0 Å². The largest absolute Gasteiger partial charge is 0.458 e. The molecule has 7 aromatic carbocycles. The van der Waals surface area contributed by atoms with Gasteiger partial charge in [0.15, 0.2) is 5.58 Å². The molecule has 11 rings (SSSR count). The van der Waals surface area contributed by atoms with Gasteiger partial charge in [0.05, 0.1) is 11.4 Å². The first-order valence-electron chi connectivity index (χ1n) is 18.1. The summed E-state index contributed by atoms with van der Waals surface area (Å²) in [4.78, 5) is 2.41. The molecule has 9 aromatic rings. The van der Waals surface area contributed by atoms with Crippen LogP contribution in [0.4, 0.5) is 11.4 Å². The van der Waals surface area contributed by atoms with E-state index in [0.717, 1.165) is 108 Å². The zero-order valence-corrected chi connectivity index (χ0v) is 28.4. The Bertz CT molecular complexity index is 2860. The topological polar surface area (TPSA) is 38.8 Å². The van der Waals surface area contributed by atoms with Gasteiger partial charge in [-0.1, -0.05) is 121 Å². The highest BCUT2D eigenvalue weighted by molar-refractivity contribution is 6.15. The number of ether oxygens (including phenoxy) is 1. The number of nitrogens with zero attached hydrogens (tertiary/aromatic N) is 1. The Hall–Kier alpha value is -6.52. The predicted molar refractivity (Wildman–Crippen MR) is 211 cm³/mol. The van der Waals surface area contributed by atoms with Crippen LogP contribution in [-0.2, 0) is 0 Å². The van der Waals surface area contributed by atoms with Gasteiger partial charge in [-0.3, -0.25) is 0 Å². The average molecular weight is 672 g/mol. The van der Waals surface area contributed by atoms with Crippen LogP contribution in [0.3, 0.4) is 0 Å². The fourth-order valence-electron chi connectivity index (χ4n) is 8.63. The van der Waals surface area contributed by atoms with E-state index in [1.807, 2.05) is 12.1 Å². The van der Waals surface area contributed by atoms with E-state index in [1.165, 1.54) is 11.1 Å². The highest BCUT2D eigenvalue weighted by Crippen LogP contribution is 2.56. The number of hydrogen-bond donors (Lipinski definition) is 0. The highest BCUT2D eigenvalue weighted by Gasteiger charge is 2.40. The smallest absolute Gasteiger partial charge is 0.159 e. The lowest BCUT2D eigenvalue weighted by molar-refractivity contribution is 0.392.